The van der Waals surface area contributed by atoms with E-state index < -0.39 is 6.17 Å². The Morgan fingerprint density at radius 1 is 0.969 bits per heavy atom. The minimum absolute atomic E-state index is 0.114. The SMILES string of the molecule is N#Cc1ccc(CN2CCN(C(=O)C3Nc4ccc(C5CCNCC5)cc4N3)CC2)cc1. The van der Waals surface area contributed by atoms with Gasteiger partial charge in [-0.2, -0.15) is 5.26 Å². The molecule has 0 radical (unpaired) electrons. The predicted molar refractivity (Wildman–Crippen MR) is 125 cm³/mol. The molecule has 3 N–H and O–H groups in total. The first-order chi connectivity index (χ1) is 15.7. The van der Waals surface area contributed by atoms with Gasteiger partial charge in [-0.15, -0.1) is 0 Å². The van der Waals surface area contributed by atoms with Crippen LogP contribution in [-0.2, 0) is 11.3 Å². The lowest BCUT2D eigenvalue weighted by Crippen LogP contribution is -2.53. The fourth-order valence-electron chi connectivity index (χ4n) is 4.94. The van der Waals surface area contributed by atoms with Crippen LogP contribution in [0.5, 0.6) is 0 Å². The van der Waals surface area contributed by atoms with E-state index in [1.165, 1.54) is 24.0 Å². The van der Waals surface area contributed by atoms with E-state index in [0.29, 0.717) is 11.5 Å². The van der Waals surface area contributed by atoms with Crippen LogP contribution in [0.25, 0.3) is 0 Å². The summed E-state index contributed by atoms with van der Waals surface area (Å²) in [6.07, 6.45) is 1.95. The van der Waals surface area contributed by atoms with Crippen LogP contribution >= 0.6 is 0 Å². The molecule has 0 aromatic heterocycles. The van der Waals surface area contributed by atoms with Gasteiger partial charge in [0.2, 0.25) is 0 Å². The second kappa shape index (κ2) is 9.19. The van der Waals surface area contributed by atoms with Gasteiger partial charge in [-0.25, -0.2) is 0 Å². The zero-order chi connectivity index (χ0) is 21.9. The minimum atomic E-state index is -0.390. The normalized spacial score (nSPS) is 21.3. The number of piperidine rings is 1. The Morgan fingerprint density at radius 2 is 1.69 bits per heavy atom. The smallest absolute Gasteiger partial charge is 0.265 e. The number of nitriles is 1. The highest BCUT2D eigenvalue weighted by Gasteiger charge is 2.32. The lowest BCUT2D eigenvalue weighted by Gasteiger charge is -2.36. The maximum absolute atomic E-state index is 13.1. The van der Waals surface area contributed by atoms with E-state index in [0.717, 1.165) is 57.2 Å². The second-order valence-corrected chi connectivity index (χ2v) is 8.96. The third kappa shape index (κ3) is 4.43. The predicted octanol–water partition coefficient (Wildman–Crippen LogP) is 2.53. The van der Waals surface area contributed by atoms with Crippen molar-refractivity contribution in [2.24, 2.45) is 0 Å². The van der Waals surface area contributed by atoms with Gasteiger partial charge in [-0.05, 0) is 67.2 Å². The summed E-state index contributed by atoms with van der Waals surface area (Å²) in [7, 11) is 0. The van der Waals surface area contributed by atoms with Gasteiger partial charge in [0, 0.05) is 32.7 Å². The zero-order valence-electron chi connectivity index (χ0n) is 18.3. The fraction of sp³-hybridized carbons (Fsp3) is 0.440. The first kappa shape index (κ1) is 20.8. The van der Waals surface area contributed by atoms with E-state index in [9.17, 15) is 4.79 Å². The van der Waals surface area contributed by atoms with Gasteiger partial charge in [0.15, 0.2) is 6.17 Å². The Morgan fingerprint density at radius 3 is 2.41 bits per heavy atom. The number of rotatable bonds is 4. The van der Waals surface area contributed by atoms with Gasteiger partial charge < -0.3 is 20.9 Å². The van der Waals surface area contributed by atoms with Crippen LogP contribution in [0.3, 0.4) is 0 Å². The largest absolute Gasteiger partial charge is 0.356 e. The molecule has 0 aliphatic carbocycles. The first-order valence-corrected chi connectivity index (χ1v) is 11.6. The van der Waals surface area contributed by atoms with Crippen LogP contribution in [0.4, 0.5) is 11.4 Å². The molecular formula is C25H30N6O. The topological polar surface area (TPSA) is 83.4 Å². The number of hydrogen-bond donors (Lipinski definition) is 3. The fourth-order valence-corrected chi connectivity index (χ4v) is 4.94. The average Bonchev–Trinajstić information content (AvgIpc) is 3.29. The molecule has 0 spiro atoms. The number of nitrogens with one attached hydrogen (secondary N) is 3. The zero-order valence-corrected chi connectivity index (χ0v) is 18.3. The summed E-state index contributed by atoms with van der Waals surface area (Å²) < 4.78 is 0. The van der Waals surface area contributed by atoms with Crippen molar-refractivity contribution >= 4 is 17.3 Å². The van der Waals surface area contributed by atoms with Gasteiger partial charge >= 0.3 is 0 Å². The molecule has 166 valence electrons. The van der Waals surface area contributed by atoms with Crippen molar-refractivity contribution < 1.29 is 4.79 Å². The first-order valence-electron chi connectivity index (χ1n) is 11.6. The molecule has 5 rings (SSSR count). The van der Waals surface area contributed by atoms with Gasteiger partial charge in [0.05, 0.1) is 23.0 Å². The van der Waals surface area contributed by atoms with Crippen LogP contribution in [0.1, 0.15) is 35.4 Å². The van der Waals surface area contributed by atoms with Gasteiger partial charge in [-0.1, -0.05) is 18.2 Å². The van der Waals surface area contributed by atoms with Crippen molar-refractivity contribution in [3.05, 3.63) is 59.2 Å². The van der Waals surface area contributed by atoms with Crippen molar-refractivity contribution in [1.29, 1.82) is 5.26 Å². The molecule has 2 aromatic carbocycles. The number of benzene rings is 2. The highest BCUT2D eigenvalue weighted by Crippen LogP contribution is 2.35. The second-order valence-electron chi connectivity index (χ2n) is 8.96. The van der Waals surface area contributed by atoms with Gasteiger partial charge in [0.25, 0.3) is 5.91 Å². The lowest BCUT2D eigenvalue weighted by molar-refractivity contribution is -0.133. The third-order valence-corrected chi connectivity index (χ3v) is 6.87. The molecule has 7 nitrogen and oxygen atoms in total. The molecule has 3 aliphatic heterocycles. The Balaban J connectivity index is 1.14. The van der Waals surface area contributed by atoms with E-state index >= 15 is 0 Å². The van der Waals surface area contributed by atoms with Crippen molar-refractivity contribution in [2.75, 3.05) is 49.9 Å². The van der Waals surface area contributed by atoms with Crippen LogP contribution in [0, 0.1) is 11.3 Å². The van der Waals surface area contributed by atoms with Crippen molar-refractivity contribution in [3.63, 3.8) is 0 Å². The van der Waals surface area contributed by atoms with Gasteiger partial charge in [-0.3, -0.25) is 9.69 Å². The number of anilines is 2. The molecule has 3 heterocycles. The highest BCUT2D eigenvalue weighted by atomic mass is 16.2. The number of carbonyl (C=O) groups excluding carboxylic acids is 1. The summed E-state index contributed by atoms with van der Waals surface area (Å²) in [5.41, 5.74) is 5.30. The Kier molecular flexibility index (Phi) is 5.97. The molecule has 1 unspecified atom stereocenters. The monoisotopic (exact) mass is 430 g/mol. The highest BCUT2D eigenvalue weighted by molar-refractivity contribution is 5.93. The molecule has 0 bridgehead atoms. The van der Waals surface area contributed by atoms with Crippen LogP contribution in [-0.4, -0.2) is 61.1 Å². The summed E-state index contributed by atoms with van der Waals surface area (Å²) in [5.74, 6) is 0.713. The van der Waals surface area contributed by atoms with E-state index in [1.54, 1.807) is 0 Å². The third-order valence-electron chi connectivity index (χ3n) is 6.87. The molecule has 3 aliphatic rings. The maximum Gasteiger partial charge on any atom is 0.265 e. The summed E-state index contributed by atoms with van der Waals surface area (Å²) in [6.45, 7) is 6.16. The minimum Gasteiger partial charge on any atom is -0.356 e. The van der Waals surface area contributed by atoms with Crippen molar-refractivity contribution in [3.8, 4) is 6.07 Å². The molecular weight excluding hydrogens is 400 g/mol. The Bertz CT molecular complexity index is 1000. The maximum atomic E-state index is 13.1. The Labute approximate surface area is 189 Å². The number of hydrogen-bond acceptors (Lipinski definition) is 6. The number of nitrogens with zero attached hydrogens (tertiary/aromatic N) is 3. The summed E-state index contributed by atoms with van der Waals surface area (Å²) in [5, 5.41) is 19.1. The molecule has 1 atom stereocenters. The molecule has 0 saturated carbocycles. The standard InChI is InChI=1S/C25H30N6O/c26-16-18-1-3-19(4-2-18)17-30-11-13-31(14-12-30)25(32)24-28-22-6-5-21(15-23(22)29-24)20-7-9-27-10-8-20/h1-6,15,20,24,27-29H,7-14,17H2. The molecule has 2 saturated heterocycles. The van der Waals surface area contributed by atoms with E-state index in [4.69, 9.17) is 5.26 Å². The molecule has 1 amide bonds. The van der Waals surface area contributed by atoms with E-state index in [2.05, 4.69) is 45.1 Å². The number of fused-ring (bicyclic) bond motifs is 1. The summed E-state index contributed by atoms with van der Waals surface area (Å²) >= 11 is 0. The van der Waals surface area contributed by atoms with Gasteiger partial charge in [0.1, 0.15) is 0 Å². The van der Waals surface area contributed by atoms with Crippen LogP contribution in [0.15, 0.2) is 42.5 Å². The van der Waals surface area contributed by atoms with E-state index in [-0.39, 0.29) is 5.91 Å². The molecule has 2 aromatic rings. The molecule has 32 heavy (non-hydrogen) atoms. The lowest BCUT2D eigenvalue weighted by atomic mass is 9.90. The van der Waals surface area contributed by atoms with E-state index in [1.807, 2.05) is 29.2 Å². The molecule has 2 fully saturated rings. The summed E-state index contributed by atoms with van der Waals surface area (Å²) in [4.78, 5) is 17.5. The Hall–Kier alpha value is -3.08. The molecule has 7 heteroatoms. The van der Waals surface area contributed by atoms with Crippen molar-refractivity contribution in [2.45, 2.75) is 31.5 Å². The quantitative estimate of drug-likeness (QED) is 0.692. The number of piperazine rings is 1. The van der Waals surface area contributed by atoms with Crippen LogP contribution in [0.2, 0.25) is 0 Å². The van der Waals surface area contributed by atoms with Crippen LogP contribution < -0.4 is 16.0 Å². The van der Waals surface area contributed by atoms with Crippen molar-refractivity contribution in [1.82, 2.24) is 15.1 Å². The summed E-state index contributed by atoms with van der Waals surface area (Å²) in [6, 6.07) is 16.4. The number of carbonyl (C=O) groups is 1. The average molecular weight is 431 g/mol. The number of amides is 1.